The Bertz CT molecular complexity index is 87.3. The van der Waals surface area contributed by atoms with Gasteiger partial charge in [-0.2, -0.15) is 0 Å². The van der Waals surface area contributed by atoms with E-state index in [2.05, 4.69) is 0 Å². The van der Waals surface area contributed by atoms with Crippen molar-refractivity contribution in [3.8, 4) is 0 Å². The van der Waals surface area contributed by atoms with Crippen molar-refractivity contribution in [1.82, 2.24) is 0 Å². The monoisotopic (exact) mass is 230 g/mol. The van der Waals surface area contributed by atoms with Crippen LogP contribution in [0, 0.1) is 0 Å². The second kappa shape index (κ2) is 3.82. The fraction of sp³-hybridized carbons (Fsp3) is 0. The molecular weight excluding hydrogens is 222 g/mol. The van der Waals surface area contributed by atoms with Gasteiger partial charge in [0.1, 0.15) is 0 Å². The van der Waals surface area contributed by atoms with E-state index in [1.165, 1.54) is 0 Å². The Labute approximate surface area is 65.0 Å². The van der Waals surface area contributed by atoms with Crippen LogP contribution in [0.2, 0.25) is 0 Å². The van der Waals surface area contributed by atoms with Gasteiger partial charge >= 0.3 is 64.5 Å². The van der Waals surface area contributed by atoms with Crippen LogP contribution in [0.3, 0.4) is 0 Å². The van der Waals surface area contributed by atoms with Gasteiger partial charge in [0.05, 0.1) is 0 Å². The molecule has 0 saturated heterocycles. The first-order valence-electron chi connectivity index (χ1n) is 1.92. The van der Waals surface area contributed by atoms with Gasteiger partial charge in [0.25, 0.3) is 0 Å². The van der Waals surface area contributed by atoms with Gasteiger partial charge in [-0.3, -0.25) is 0 Å². The molecule has 0 saturated carbocycles. The van der Waals surface area contributed by atoms with Crippen LogP contribution in [0.4, 0.5) is 0 Å². The maximum absolute atomic E-state index is 8.26. The fourth-order valence-electron chi connectivity index (χ4n) is 0.112. The summed E-state index contributed by atoms with van der Waals surface area (Å²) in [6.45, 7) is 0. The normalized spacial score (nSPS) is 17.0. The van der Waals surface area contributed by atoms with E-state index in [0.717, 1.165) is 0 Å². The Hall–Kier alpha value is 1.32. The molecule has 66 valence electrons. The zero-order valence-electron chi connectivity index (χ0n) is 4.50. The van der Waals surface area contributed by atoms with Gasteiger partial charge in [-0.05, 0) is 0 Å². The molecule has 0 aliphatic carbocycles. The van der Waals surface area contributed by atoms with E-state index in [-0.39, 0.29) is 20.8 Å². The zero-order valence-corrected chi connectivity index (χ0v) is 8.13. The third-order valence-corrected chi connectivity index (χ3v) is 9.41. The molecule has 0 aliphatic heterocycles. The molecule has 0 rings (SSSR count). The molecule has 0 fully saturated rings. The molecule has 0 aromatic rings. The molecule has 0 aromatic heterocycles. The summed E-state index contributed by atoms with van der Waals surface area (Å²) >= 11 is 0. The van der Waals surface area contributed by atoms with Crippen molar-refractivity contribution in [2.75, 3.05) is 0 Å². The first-order chi connectivity index (χ1) is 4.21. The molecule has 0 aromatic carbocycles. The Morgan fingerprint density at radius 1 is 0.600 bits per heavy atom. The molecule has 0 aliphatic rings. The average molecular weight is 230 g/mol. The van der Waals surface area contributed by atoms with Gasteiger partial charge in [-0.1, -0.05) is 0 Å². The van der Waals surface area contributed by atoms with Crippen molar-refractivity contribution < 1.29 is 29.4 Å². The minimum atomic E-state index is -4.33. The van der Waals surface area contributed by atoms with E-state index in [4.69, 9.17) is 29.4 Å². The number of rotatable bonds is 3. The van der Waals surface area contributed by atoms with Crippen LogP contribution in [0.5, 0.6) is 0 Å². The van der Waals surface area contributed by atoms with Gasteiger partial charge in [0.15, 0.2) is 0 Å². The summed E-state index contributed by atoms with van der Waals surface area (Å²) in [6, 6.07) is 0. The van der Waals surface area contributed by atoms with Gasteiger partial charge in [0.2, 0.25) is 0 Å². The molecule has 0 bridgehead atoms. The van der Waals surface area contributed by atoms with E-state index in [1.807, 2.05) is 0 Å². The van der Waals surface area contributed by atoms with Crippen molar-refractivity contribution in [2.24, 2.45) is 0 Å². The molecule has 0 heterocycles. The Balaban J connectivity index is 3.56. The standard InChI is InChI=1S/H8O6P2S2/c1-7(2,3)9-10-8(4,5)6/h1-8H. The maximum atomic E-state index is 8.26. The summed E-state index contributed by atoms with van der Waals surface area (Å²) in [5.74, 6) is 0. The van der Waals surface area contributed by atoms with Gasteiger partial charge in [-0.15, -0.1) is 0 Å². The molecule has 0 atom stereocenters. The van der Waals surface area contributed by atoms with E-state index in [1.54, 1.807) is 0 Å². The predicted molar refractivity (Wildman–Crippen MR) is 45.1 cm³/mol. The molecule has 0 amide bonds. The van der Waals surface area contributed by atoms with Crippen LogP contribution >= 0.6 is 35.1 Å². The van der Waals surface area contributed by atoms with Gasteiger partial charge in [-0.25, -0.2) is 0 Å². The van der Waals surface area contributed by atoms with Crippen LogP contribution in [-0.2, 0) is 0 Å². The molecule has 6 nitrogen and oxygen atoms in total. The predicted octanol–water partition coefficient (Wildman–Crippen LogP) is -0.859. The van der Waals surface area contributed by atoms with Crippen molar-refractivity contribution in [2.45, 2.75) is 0 Å². The van der Waals surface area contributed by atoms with Crippen LogP contribution in [0.15, 0.2) is 0 Å². The summed E-state index contributed by atoms with van der Waals surface area (Å²) in [5.41, 5.74) is 0. The van der Waals surface area contributed by atoms with Gasteiger partial charge in [0, 0.05) is 0 Å². The van der Waals surface area contributed by atoms with E-state index < -0.39 is 14.3 Å². The third-order valence-electron chi connectivity index (χ3n) is 0.265. The summed E-state index contributed by atoms with van der Waals surface area (Å²) in [7, 11) is -8.52. The molecular formula is H8O6P2S2. The first-order valence-corrected chi connectivity index (χ1v) is 9.20. The Morgan fingerprint density at radius 3 is 0.900 bits per heavy atom. The van der Waals surface area contributed by atoms with Crippen LogP contribution in [-0.4, -0.2) is 29.4 Å². The van der Waals surface area contributed by atoms with Crippen molar-refractivity contribution in [1.29, 1.82) is 0 Å². The summed E-state index contributed by atoms with van der Waals surface area (Å²) in [6.07, 6.45) is 0. The van der Waals surface area contributed by atoms with Crippen molar-refractivity contribution in [3.05, 3.63) is 0 Å². The topological polar surface area (TPSA) is 121 Å². The number of hydrogen-bond donors (Lipinski definition) is 6. The number of hydrogen-bond acceptors (Lipinski definition) is 8. The van der Waals surface area contributed by atoms with Crippen LogP contribution in [0.1, 0.15) is 0 Å². The van der Waals surface area contributed by atoms with E-state index in [9.17, 15) is 0 Å². The fourth-order valence-corrected chi connectivity index (χ4v) is 9.06. The minimum absolute atomic E-state index is 0.0745. The molecule has 0 radical (unpaired) electrons. The van der Waals surface area contributed by atoms with E-state index >= 15 is 0 Å². The molecule has 6 N–H and O–H groups in total. The van der Waals surface area contributed by atoms with Crippen LogP contribution in [0.25, 0.3) is 0 Å². The second-order valence-electron chi connectivity index (χ2n) is 1.31. The Kier molecular flexibility index (Phi) is 4.32. The molecule has 0 unspecified atom stereocenters. The zero-order chi connectivity index (χ0) is 8.41. The molecule has 10 heavy (non-hydrogen) atoms. The van der Waals surface area contributed by atoms with Gasteiger partial charge < -0.3 is 0 Å². The molecule has 0 spiro atoms. The van der Waals surface area contributed by atoms with E-state index in [0.29, 0.717) is 0 Å². The van der Waals surface area contributed by atoms with Crippen molar-refractivity contribution >= 4 is 35.1 Å². The summed E-state index contributed by atoms with van der Waals surface area (Å²) < 4.78 is 0. The average Bonchev–Trinajstić information content (AvgIpc) is 1.57. The third kappa shape index (κ3) is 9.32. The first kappa shape index (κ1) is 11.3. The van der Waals surface area contributed by atoms with Crippen molar-refractivity contribution in [3.63, 3.8) is 0 Å². The molecule has 10 heteroatoms. The Morgan fingerprint density at radius 2 is 0.800 bits per heavy atom. The quantitative estimate of drug-likeness (QED) is 0.273. The summed E-state index contributed by atoms with van der Waals surface area (Å²) in [5, 5.41) is 0. The SMILES string of the molecule is O[PH](O)(O)SS[PH](O)(O)O. The second-order valence-corrected chi connectivity index (χ2v) is 11.2. The van der Waals surface area contributed by atoms with Crippen LogP contribution < -0.4 is 0 Å². The summed E-state index contributed by atoms with van der Waals surface area (Å²) in [4.78, 5) is 49.6.